The van der Waals surface area contributed by atoms with Crippen molar-refractivity contribution < 1.29 is 0 Å². The van der Waals surface area contributed by atoms with Crippen LogP contribution < -0.4 is 0 Å². The maximum atomic E-state index is 5.79. The molecule has 0 fully saturated rings. The second kappa shape index (κ2) is 3.66. The van der Waals surface area contributed by atoms with Crippen molar-refractivity contribution in [1.29, 1.82) is 0 Å². The van der Waals surface area contributed by atoms with Gasteiger partial charge in [-0.1, -0.05) is 6.92 Å². The smallest absolute Gasteiger partial charge is 0.148 e. The van der Waals surface area contributed by atoms with Gasteiger partial charge in [0.05, 0.1) is 5.88 Å². The van der Waals surface area contributed by atoms with E-state index in [1.807, 2.05) is 0 Å². The summed E-state index contributed by atoms with van der Waals surface area (Å²) >= 11 is 5.79. The van der Waals surface area contributed by atoms with Crippen molar-refractivity contribution in [2.24, 2.45) is 0 Å². The molecule has 0 aliphatic carbocycles. The minimum atomic E-state index is 0.0130. The van der Waals surface area contributed by atoms with E-state index in [9.17, 15) is 0 Å². The first-order valence-corrected chi connectivity index (χ1v) is 5.03. The molecule has 0 saturated heterocycles. The molecular weight excluding hydrogens is 186 g/mol. The lowest BCUT2D eigenvalue weighted by Crippen LogP contribution is -2.25. The first kappa shape index (κ1) is 10.5. The van der Waals surface area contributed by atoms with Gasteiger partial charge in [0.2, 0.25) is 0 Å². The zero-order chi connectivity index (χ0) is 10.1. The van der Waals surface area contributed by atoms with Crippen molar-refractivity contribution in [2.45, 2.75) is 45.5 Å². The van der Waals surface area contributed by atoms with Gasteiger partial charge in [-0.15, -0.1) is 21.8 Å². The van der Waals surface area contributed by atoms with Crippen LogP contribution in [0, 0.1) is 0 Å². The minimum Gasteiger partial charge on any atom is -0.309 e. The Hall–Kier alpha value is -0.570. The molecular formula is C9H16ClN3. The molecule has 1 aromatic heterocycles. The molecule has 0 spiro atoms. The normalized spacial score (nSPS) is 12.1. The predicted octanol–water partition coefficient (Wildman–Crippen LogP) is 2.33. The molecule has 0 aliphatic heterocycles. The SMILES string of the molecule is CCc1nnc(CCl)n1C(C)(C)C. The summed E-state index contributed by atoms with van der Waals surface area (Å²) in [6, 6.07) is 0. The number of alkyl halides is 1. The molecule has 0 atom stereocenters. The number of nitrogens with zero attached hydrogens (tertiary/aromatic N) is 3. The summed E-state index contributed by atoms with van der Waals surface area (Å²) in [5.41, 5.74) is 0.0130. The Bertz CT molecular complexity index is 264. The average molecular weight is 202 g/mol. The van der Waals surface area contributed by atoms with E-state index in [-0.39, 0.29) is 5.54 Å². The summed E-state index contributed by atoms with van der Waals surface area (Å²) < 4.78 is 2.11. The number of aryl methyl sites for hydroxylation is 1. The van der Waals surface area contributed by atoms with E-state index in [1.165, 1.54) is 0 Å². The third kappa shape index (κ3) is 2.02. The van der Waals surface area contributed by atoms with Gasteiger partial charge in [0, 0.05) is 12.0 Å². The number of aromatic nitrogens is 3. The fourth-order valence-corrected chi connectivity index (χ4v) is 1.62. The quantitative estimate of drug-likeness (QED) is 0.688. The highest BCUT2D eigenvalue weighted by Gasteiger charge is 2.21. The van der Waals surface area contributed by atoms with Crippen LogP contribution in [0.1, 0.15) is 39.3 Å². The molecule has 4 heteroatoms. The van der Waals surface area contributed by atoms with E-state index >= 15 is 0 Å². The first-order valence-electron chi connectivity index (χ1n) is 4.50. The monoisotopic (exact) mass is 201 g/mol. The number of hydrogen-bond acceptors (Lipinski definition) is 2. The van der Waals surface area contributed by atoms with E-state index in [0.29, 0.717) is 5.88 Å². The van der Waals surface area contributed by atoms with Gasteiger partial charge in [-0.3, -0.25) is 0 Å². The van der Waals surface area contributed by atoms with Crippen molar-refractivity contribution in [2.75, 3.05) is 0 Å². The summed E-state index contributed by atoms with van der Waals surface area (Å²) in [4.78, 5) is 0. The average Bonchev–Trinajstić information content (AvgIpc) is 2.45. The maximum Gasteiger partial charge on any atom is 0.148 e. The van der Waals surface area contributed by atoms with Crippen molar-refractivity contribution in [3.8, 4) is 0 Å². The van der Waals surface area contributed by atoms with Gasteiger partial charge in [-0.2, -0.15) is 0 Å². The van der Waals surface area contributed by atoms with Crippen molar-refractivity contribution >= 4 is 11.6 Å². The van der Waals surface area contributed by atoms with Crippen LogP contribution in [0.3, 0.4) is 0 Å². The Morgan fingerprint density at radius 1 is 1.23 bits per heavy atom. The Kier molecular flexibility index (Phi) is 2.96. The molecule has 0 amide bonds. The highest BCUT2D eigenvalue weighted by atomic mass is 35.5. The zero-order valence-electron chi connectivity index (χ0n) is 8.63. The largest absolute Gasteiger partial charge is 0.309 e. The maximum absolute atomic E-state index is 5.79. The summed E-state index contributed by atoms with van der Waals surface area (Å²) in [6.45, 7) is 8.47. The Morgan fingerprint density at radius 3 is 2.15 bits per heavy atom. The molecule has 0 aromatic carbocycles. The van der Waals surface area contributed by atoms with Crippen LogP contribution in [-0.4, -0.2) is 14.8 Å². The van der Waals surface area contributed by atoms with E-state index in [4.69, 9.17) is 11.6 Å². The van der Waals surface area contributed by atoms with Gasteiger partial charge in [0.25, 0.3) is 0 Å². The van der Waals surface area contributed by atoms with Crippen LogP contribution in [-0.2, 0) is 17.8 Å². The molecule has 1 aromatic rings. The van der Waals surface area contributed by atoms with Gasteiger partial charge in [-0.25, -0.2) is 0 Å². The molecule has 0 saturated carbocycles. The zero-order valence-corrected chi connectivity index (χ0v) is 9.39. The summed E-state index contributed by atoms with van der Waals surface area (Å²) in [7, 11) is 0. The van der Waals surface area contributed by atoms with Crippen LogP contribution in [0.25, 0.3) is 0 Å². The molecule has 0 radical (unpaired) electrons. The van der Waals surface area contributed by atoms with Crippen LogP contribution in [0.15, 0.2) is 0 Å². The van der Waals surface area contributed by atoms with Crippen molar-refractivity contribution in [1.82, 2.24) is 14.8 Å². The molecule has 0 bridgehead atoms. The first-order chi connectivity index (χ1) is 6.00. The van der Waals surface area contributed by atoms with Gasteiger partial charge in [-0.05, 0) is 20.8 Å². The van der Waals surface area contributed by atoms with Gasteiger partial charge in [0.1, 0.15) is 11.6 Å². The van der Waals surface area contributed by atoms with Crippen LogP contribution >= 0.6 is 11.6 Å². The molecule has 0 aliphatic rings. The van der Waals surface area contributed by atoms with Gasteiger partial charge < -0.3 is 4.57 Å². The van der Waals surface area contributed by atoms with Gasteiger partial charge in [0.15, 0.2) is 0 Å². The lowest BCUT2D eigenvalue weighted by atomic mass is 10.1. The Morgan fingerprint density at radius 2 is 1.77 bits per heavy atom. The highest BCUT2D eigenvalue weighted by Crippen LogP contribution is 2.19. The molecule has 74 valence electrons. The van der Waals surface area contributed by atoms with E-state index in [2.05, 4.69) is 42.5 Å². The number of hydrogen-bond donors (Lipinski definition) is 0. The summed E-state index contributed by atoms with van der Waals surface area (Å²) in [5.74, 6) is 2.28. The van der Waals surface area contributed by atoms with Crippen molar-refractivity contribution in [3.05, 3.63) is 11.6 Å². The predicted molar refractivity (Wildman–Crippen MR) is 54.0 cm³/mol. The fourth-order valence-electron chi connectivity index (χ4n) is 1.44. The number of halogens is 1. The second-order valence-corrected chi connectivity index (χ2v) is 4.29. The van der Waals surface area contributed by atoms with Gasteiger partial charge >= 0.3 is 0 Å². The summed E-state index contributed by atoms with van der Waals surface area (Å²) in [6.07, 6.45) is 0.890. The topological polar surface area (TPSA) is 30.7 Å². The minimum absolute atomic E-state index is 0.0130. The van der Waals surface area contributed by atoms with Crippen LogP contribution in [0.4, 0.5) is 0 Å². The molecule has 1 rings (SSSR count). The fraction of sp³-hybridized carbons (Fsp3) is 0.778. The third-order valence-corrected chi connectivity index (χ3v) is 2.14. The molecule has 13 heavy (non-hydrogen) atoms. The van der Waals surface area contributed by atoms with E-state index in [1.54, 1.807) is 0 Å². The third-order valence-electron chi connectivity index (χ3n) is 1.90. The van der Waals surface area contributed by atoms with E-state index < -0.39 is 0 Å². The molecule has 0 N–H and O–H groups in total. The highest BCUT2D eigenvalue weighted by molar-refractivity contribution is 6.16. The second-order valence-electron chi connectivity index (χ2n) is 4.03. The Balaban J connectivity index is 3.20. The molecule has 3 nitrogen and oxygen atoms in total. The van der Waals surface area contributed by atoms with Crippen LogP contribution in [0.2, 0.25) is 0 Å². The molecule has 1 heterocycles. The summed E-state index contributed by atoms with van der Waals surface area (Å²) in [5, 5.41) is 8.15. The Labute approximate surface area is 84.1 Å². The standard InChI is InChI=1S/C9H16ClN3/c1-5-7-11-12-8(6-10)13(7)9(2,3)4/h5-6H2,1-4H3. The van der Waals surface area contributed by atoms with E-state index in [0.717, 1.165) is 18.1 Å². The van der Waals surface area contributed by atoms with Crippen molar-refractivity contribution in [3.63, 3.8) is 0 Å². The lowest BCUT2D eigenvalue weighted by molar-refractivity contribution is 0.374. The lowest BCUT2D eigenvalue weighted by Gasteiger charge is -2.24. The molecule has 0 unspecified atom stereocenters. The number of rotatable bonds is 2. The van der Waals surface area contributed by atoms with Crippen LogP contribution in [0.5, 0.6) is 0 Å².